The zero-order valence-corrected chi connectivity index (χ0v) is 15.1. The minimum Gasteiger partial charge on any atom is -0.369 e. The number of nitrogens with one attached hydrogen (secondary N) is 1. The summed E-state index contributed by atoms with van der Waals surface area (Å²) in [5, 5.41) is 3.50. The van der Waals surface area contributed by atoms with Crippen LogP contribution in [-0.4, -0.2) is 44.7 Å². The SMILES string of the molecule is CC(C)CNCc1ccc(N2CCCN(C)CC2)c(Br)c1. The number of hydrogen-bond acceptors (Lipinski definition) is 3. The van der Waals surface area contributed by atoms with Crippen molar-refractivity contribution in [2.45, 2.75) is 26.8 Å². The van der Waals surface area contributed by atoms with Crippen molar-refractivity contribution in [1.82, 2.24) is 10.2 Å². The van der Waals surface area contributed by atoms with E-state index < -0.39 is 0 Å². The minimum atomic E-state index is 0.696. The van der Waals surface area contributed by atoms with Gasteiger partial charge in [0.05, 0.1) is 5.69 Å². The summed E-state index contributed by atoms with van der Waals surface area (Å²) in [5.74, 6) is 0.696. The van der Waals surface area contributed by atoms with Crippen molar-refractivity contribution in [3.05, 3.63) is 28.2 Å². The van der Waals surface area contributed by atoms with E-state index in [0.29, 0.717) is 5.92 Å². The maximum atomic E-state index is 3.76. The Hall–Kier alpha value is -0.580. The summed E-state index contributed by atoms with van der Waals surface area (Å²) >= 11 is 3.76. The Balaban J connectivity index is 1.98. The first-order valence-corrected chi connectivity index (χ1v) is 8.78. The third-order valence-corrected chi connectivity index (χ3v) is 4.59. The van der Waals surface area contributed by atoms with Gasteiger partial charge in [-0.15, -0.1) is 0 Å². The standard InChI is InChI=1S/C17H28BrN3/c1-14(2)12-19-13-15-5-6-17(16(18)11-15)21-8-4-7-20(3)9-10-21/h5-6,11,14,19H,4,7-10,12-13H2,1-3H3. The molecule has 0 aromatic heterocycles. The highest BCUT2D eigenvalue weighted by atomic mass is 79.9. The molecule has 1 saturated heterocycles. The summed E-state index contributed by atoms with van der Waals surface area (Å²) < 4.78 is 1.22. The minimum absolute atomic E-state index is 0.696. The molecular formula is C17H28BrN3. The Morgan fingerprint density at radius 3 is 2.71 bits per heavy atom. The second-order valence-electron chi connectivity index (χ2n) is 6.45. The van der Waals surface area contributed by atoms with Crippen molar-refractivity contribution in [3.8, 4) is 0 Å². The van der Waals surface area contributed by atoms with E-state index >= 15 is 0 Å². The molecule has 0 radical (unpaired) electrons. The van der Waals surface area contributed by atoms with Crippen LogP contribution >= 0.6 is 15.9 Å². The largest absolute Gasteiger partial charge is 0.369 e. The lowest BCUT2D eigenvalue weighted by molar-refractivity contribution is 0.360. The summed E-state index contributed by atoms with van der Waals surface area (Å²) in [6.45, 7) is 11.1. The molecule has 21 heavy (non-hydrogen) atoms. The highest BCUT2D eigenvalue weighted by Crippen LogP contribution is 2.28. The first-order valence-electron chi connectivity index (χ1n) is 7.99. The van der Waals surface area contributed by atoms with Crippen LogP contribution in [0.1, 0.15) is 25.8 Å². The van der Waals surface area contributed by atoms with E-state index in [-0.39, 0.29) is 0 Å². The number of benzene rings is 1. The molecule has 0 unspecified atom stereocenters. The number of anilines is 1. The molecule has 118 valence electrons. The van der Waals surface area contributed by atoms with Crippen molar-refractivity contribution >= 4 is 21.6 Å². The molecule has 1 aromatic rings. The molecule has 0 bridgehead atoms. The smallest absolute Gasteiger partial charge is 0.0511 e. The van der Waals surface area contributed by atoms with Crippen molar-refractivity contribution in [3.63, 3.8) is 0 Å². The topological polar surface area (TPSA) is 18.5 Å². The fourth-order valence-electron chi connectivity index (χ4n) is 2.71. The summed E-state index contributed by atoms with van der Waals surface area (Å²) in [6, 6.07) is 6.78. The van der Waals surface area contributed by atoms with Gasteiger partial charge in [0, 0.05) is 30.7 Å². The fraction of sp³-hybridized carbons (Fsp3) is 0.647. The lowest BCUT2D eigenvalue weighted by Gasteiger charge is -2.24. The average Bonchev–Trinajstić information content (AvgIpc) is 2.63. The van der Waals surface area contributed by atoms with E-state index in [1.807, 2.05) is 0 Å². The van der Waals surface area contributed by atoms with E-state index in [4.69, 9.17) is 0 Å². The van der Waals surface area contributed by atoms with Gasteiger partial charge in [0.15, 0.2) is 0 Å². The van der Waals surface area contributed by atoms with Crippen LogP contribution in [0.4, 0.5) is 5.69 Å². The van der Waals surface area contributed by atoms with Crippen molar-refractivity contribution in [2.75, 3.05) is 44.7 Å². The maximum Gasteiger partial charge on any atom is 0.0511 e. The van der Waals surface area contributed by atoms with E-state index in [2.05, 4.69) is 70.1 Å². The Kier molecular flexibility index (Phi) is 6.52. The first kappa shape index (κ1) is 16.8. The molecule has 1 N–H and O–H groups in total. The average molecular weight is 354 g/mol. The lowest BCUT2D eigenvalue weighted by Crippen LogP contribution is -2.29. The summed E-state index contributed by atoms with van der Waals surface area (Å²) in [4.78, 5) is 4.91. The van der Waals surface area contributed by atoms with Crippen molar-refractivity contribution < 1.29 is 0 Å². The Labute approximate surface area is 137 Å². The number of likely N-dealkylation sites (N-methyl/N-ethyl adjacent to an activating group) is 1. The van der Waals surface area contributed by atoms with Crippen LogP contribution in [-0.2, 0) is 6.54 Å². The molecule has 1 heterocycles. The Morgan fingerprint density at radius 2 is 2.00 bits per heavy atom. The van der Waals surface area contributed by atoms with Gasteiger partial charge in [-0.05, 0) is 66.1 Å². The highest BCUT2D eigenvalue weighted by Gasteiger charge is 2.14. The highest BCUT2D eigenvalue weighted by molar-refractivity contribution is 9.10. The normalized spacial score (nSPS) is 17.3. The van der Waals surface area contributed by atoms with Crippen LogP contribution in [0.15, 0.2) is 22.7 Å². The Bertz CT molecular complexity index is 448. The fourth-order valence-corrected chi connectivity index (χ4v) is 3.39. The van der Waals surface area contributed by atoms with Gasteiger partial charge in [-0.3, -0.25) is 0 Å². The molecule has 4 heteroatoms. The van der Waals surface area contributed by atoms with E-state index in [0.717, 1.165) is 32.7 Å². The van der Waals surface area contributed by atoms with Crippen LogP contribution in [0.5, 0.6) is 0 Å². The van der Waals surface area contributed by atoms with Crippen LogP contribution < -0.4 is 10.2 Å². The van der Waals surface area contributed by atoms with E-state index in [1.54, 1.807) is 0 Å². The molecule has 1 aliphatic rings. The number of halogens is 1. The summed E-state index contributed by atoms with van der Waals surface area (Å²) in [5.41, 5.74) is 2.68. The van der Waals surface area contributed by atoms with Gasteiger partial charge in [0.25, 0.3) is 0 Å². The van der Waals surface area contributed by atoms with Gasteiger partial charge in [-0.2, -0.15) is 0 Å². The third kappa shape index (κ3) is 5.28. The number of nitrogens with zero attached hydrogens (tertiary/aromatic N) is 2. The molecule has 1 aliphatic heterocycles. The monoisotopic (exact) mass is 353 g/mol. The molecule has 0 aliphatic carbocycles. The maximum absolute atomic E-state index is 3.76. The molecular weight excluding hydrogens is 326 g/mol. The van der Waals surface area contributed by atoms with E-state index in [1.165, 1.54) is 28.7 Å². The molecule has 2 rings (SSSR count). The number of hydrogen-bond donors (Lipinski definition) is 1. The second kappa shape index (κ2) is 8.16. The van der Waals surface area contributed by atoms with Gasteiger partial charge in [-0.25, -0.2) is 0 Å². The zero-order chi connectivity index (χ0) is 15.2. The van der Waals surface area contributed by atoms with Gasteiger partial charge in [-0.1, -0.05) is 19.9 Å². The number of rotatable bonds is 5. The molecule has 3 nitrogen and oxygen atoms in total. The predicted octanol–water partition coefficient (Wildman–Crippen LogP) is 3.34. The van der Waals surface area contributed by atoms with Crippen molar-refractivity contribution in [1.29, 1.82) is 0 Å². The molecule has 0 amide bonds. The summed E-state index contributed by atoms with van der Waals surface area (Å²) in [6.07, 6.45) is 1.24. The quantitative estimate of drug-likeness (QED) is 0.875. The van der Waals surface area contributed by atoms with Crippen LogP contribution in [0.3, 0.4) is 0 Å². The van der Waals surface area contributed by atoms with Gasteiger partial charge in [0.2, 0.25) is 0 Å². The van der Waals surface area contributed by atoms with Crippen LogP contribution in [0.25, 0.3) is 0 Å². The first-order chi connectivity index (χ1) is 10.1. The Morgan fingerprint density at radius 1 is 1.19 bits per heavy atom. The van der Waals surface area contributed by atoms with E-state index in [9.17, 15) is 0 Å². The van der Waals surface area contributed by atoms with Crippen molar-refractivity contribution in [2.24, 2.45) is 5.92 Å². The molecule has 1 fully saturated rings. The molecule has 1 aromatic carbocycles. The third-order valence-electron chi connectivity index (χ3n) is 3.95. The second-order valence-corrected chi connectivity index (χ2v) is 7.31. The van der Waals surface area contributed by atoms with Gasteiger partial charge >= 0.3 is 0 Å². The summed E-state index contributed by atoms with van der Waals surface area (Å²) in [7, 11) is 2.21. The van der Waals surface area contributed by atoms with Gasteiger partial charge < -0.3 is 15.1 Å². The predicted molar refractivity (Wildman–Crippen MR) is 95.0 cm³/mol. The molecule has 0 spiro atoms. The molecule has 0 atom stereocenters. The van der Waals surface area contributed by atoms with Crippen LogP contribution in [0, 0.1) is 5.92 Å². The molecule has 0 saturated carbocycles. The lowest BCUT2D eigenvalue weighted by atomic mass is 10.1. The zero-order valence-electron chi connectivity index (χ0n) is 13.5. The van der Waals surface area contributed by atoms with Crippen LogP contribution in [0.2, 0.25) is 0 Å². The van der Waals surface area contributed by atoms with Gasteiger partial charge in [0.1, 0.15) is 0 Å².